The molecule has 0 aliphatic rings. The standard InChI is InChI=1S/C14H14N6OS/c1-9-6-10(2)19(18-9)13-16-17-14(22)20(13)15-8-11-4-3-5-12(21)7-11/h3-8,21H,1-2H3,(H,17,22)/b15-8-. The predicted octanol–water partition coefficient (Wildman–Crippen LogP) is 2.33. The highest BCUT2D eigenvalue weighted by atomic mass is 32.1. The largest absolute Gasteiger partial charge is 0.508 e. The zero-order valence-corrected chi connectivity index (χ0v) is 12.9. The molecule has 0 radical (unpaired) electrons. The van der Waals surface area contributed by atoms with E-state index in [9.17, 15) is 5.11 Å². The Morgan fingerprint density at radius 1 is 1.32 bits per heavy atom. The Balaban J connectivity index is 2.03. The molecule has 3 rings (SSSR count). The van der Waals surface area contributed by atoms with Gasteiger partial charge in [0.05, 0.1) is 11.9 Å². The average molecular weight is 314 g/mol. The number of aromatic nitrogens is 5. The summed E-state index contributed by atoms with van der Waals surface area (Å²) in [4.78, 5) is 0. The molecule has 0 atom stereocenters. The molecule has 0 bridgehead atoms. The van der Waals surface area contributed by atoms with E-state index in [0.717, 1.165) is 17.0 Å². The fourth-order valence-electron chi connectivity index (χ4n) is 2.09. The number of rotatable bonds is 3. The van der Waals surface area contributed by atoms with E-state index in [1.54, 1.807) is 29.1 Å². The zero-order chi connectivity index (χ0) is 15.7. The van der Waals surface area contributed by atoms with E-state index in [0.29, 0.717) is 10.7 Å². The molecule has 0 aliphatic carbocycles. The minimum atomic E-state index is 0.179. The van der Waals surface area contributed by atoms with Crippen LogP contribution in [-0.2, 0) is 0 Å². The van der Waals surface area contributed by atoms with E-state index in [1.807, 2.05) is 26.0 Å². The molecular weight excluding hydrogens is 300 g/mol. The summed E-state index contributed by atoms with van der Waals surface area (Å²) in [5, 5.41) is 25.1. The van der Waals surface area contributed by atoms with Crippen LogP contribution in [0.15, 0.2) is 35.4 Å². The lowest BCUT2D eigenvalue weighted by Gasteiger charge is -2.02. The summed E-state index contributed by atoms with van der Waals surface area (Å²) in [6.45, 7) is 3.84. The van der Waals surface area contributed by atoms with E-state index in [4.69, 9.17) is 12.2 Å². The Bertz CT molecular complexity index is 904. The fourth-order valence-corrected chi connectivity index (χ4v) is 2.26. The SMILES string of the molecule is Cc1cc(C)n(-c2n[nH]c(=S)n2/N=C\c2cccc(O)c2)n1. The van der Waals surface area contributed by atoms with E-state index < -0.39 is 0 Å². The van der Waals surface area contributed by atoms with Gasteiger partial charge in [-0.05, 0) is 49.8 Å². The van der Waals surface area contributed by atoms with Crippen LogP contribution in [0.4, 0.5) is 0 Å². The van der Waals surface area contributed by atoms with Crippen molar-refractivity contribution in [1.82, 2.24) is 24.7 Å². The third kappa shape index (κ3) is 2.68. The molecule has 8 heteroatoms. The fraction of sp³-hybridized carbons (Fsp3) is 0.143. The van der Waals surface area contributed by atoms with Crippen LogP contribution in [-0.4, -0.2) is 36.0 Å². The number of benzene rings is 1. The molecule has 0 aliphatic heterocycles. The smallest absolute Gasteiger partial charge is 0.271 e. The number of aryl methyl sites for hydroxylation is 2. The summed E-state index contributed by atoms with van der Waals surface area (Å²) in [5.74, 6) is 0.658. The van der Waals surface area contributed by atoms with Crippen molar-refractivity contribution in [3.05, 3.63) is 52.1 Å². The number of phenolic OH excluding ortho intramolecular Hbond substituents is 1. The Morgan fingerprint density at radius 3 is 2.82 bits per heavy atom. The average Bonchev–Trinajstić information content (AvgIpc) is 2.99. The molecule has 2 N–H and O–H groups in total. The Morgan fingerprint density at radius 2 is 2.14 bits per heavy atom. The Kier molecular flexibility index (Phi) is 3.60. The van der Waals surface area contributed by atoms with Gasteiger partial charge < -0.3 is 5.11 Å². The van der Waals surface area contributed by atoms with Gasteiger partial charge in [0.15, 0.2) is 0 Å². The van der Waals surface area contributed by atoms with Crippen molar-refractivity contribution in [2.75, 3.05) is 0 Å². The molecule has 0 unspecified atom stereocenters. The molecule has 22 heavy (non-hydrogen) atoms. The maximum Gasteiger partial charge on any atom is 0.271 e. The van der Waals surface area contributed by atoms with E-state index in [1.165, 1.54) is 4.68 Å². The van der Waals surface area contributed by atoms with Gasteiger partial charge in [-0.1, -0.05) is 12.1 Å². The third-order valence-corrected chi connectivity index (χ3v) is 3.29. The van der Waals surface area contributed by atoms with Crippen LogP contribution in [0.25, 0.3) is 5.95 Å². The lowest BCUT2D eigenvalue weighted by molar-refractivity contribution is 0.475. The van der Waals surface area contributed by atoms with Gasteiger partial charge in [0, 0.05) is 5.69 Å². The first-order valence-corrected chi connectivity index (χ1v) is 7.00. The Hall–Kier alpha value is -2.74. The molecule has 2 heterocycles. The lowest BCUT2D eigenvalue weighted by atomic mass is 10.2. The first kappa shape index (κ1) is 14.2. The second-order valence-corrected chi connectivity index (χ2v) is 5.21. The van der Waals surface area contributed by atoms with Crippen LogP contribution in [0.5, 0.6) is 5.75 Å². The molecule has 0 saturated carbocycles. The van der Waals surface area contributed by atoms with Crippen molar-refractivity contribution in [2.24, 2.45) is 5.10 Å². The minimum absolute atomic E-state index is 0.179. The van der Waals surface area contributed by atoms with Crippen molar-refractivity contribution >= 4 is 18.4 Å². The van der Waals surface area contributed by atoms with Gasteiger partial charge in [-0.15, -0.1) is 5.10 Å². The normalized spacial score (nSPS) is 11.4. The topological polar surface area (TPSA) is 84.0 Å². The van der Waals surface area contributed by atoms with Crippen molar-refractivity contribution in [1.29, 1.82) is 0 Å². The zero-order valence-electron chi connectivity index (χ0n) is 12.1. The molecule has 0 amide bonds. The van der Waals surface area contributed by atoms with Crippen molar-refractivity contribution < 1.29 is 5.11 Å². The van der Waals surface area contributed by atoms with E-state index in [2.05, 4.69) is 20.4 Å². The minimum Gasteiger partial charge on any atom is -0.508 e. The number of nitrogens with zero attached hydrogens (tertiary/aromatic N) is 5. The number of aromatic amines is 1. The molecule has 0 spiro atoms. The van der Waals surface area contributed by atoms with Gasteiger partial charge in [-0.2, -0.15) is 14.9 Å². The van der Waals surface area contributed by atoms with E-state index in [-0.39, 0.29) is 5.75 Å². The maximum atomic E-state index is 9.47. The number of H-pyrrole nitrogens is 1. The van der Waals surface area contributed by atoms with Crippen LogP contribution in [0.1, 0.15) is 17.0 Å². The highest BCUT2D eigenvalue weighted by Gasteiger charge is 2.11. The number of nitrogens with one attached hydrogen (secondary N) is 1. The Labute approximate surface area is 131 Å². The summed E-state index contributed by atoms with van der Waals surface area (Å²) >= 11 is 5.20. The molecule has 7 nitrogen and oxygen atoms in total. The van der Waals surface area contributed by atoms with Crippen LogP contribution >= 0.6 is 12.2 Å². The second kappa shape index (κ2) is 5.57. The molecule has 3 aromatic rings. The van der Waals surface area contributed by atoms with Gasteiger partial charge in [-0.3, -0.25) is 0 Å². The highest BCUT2D eigenvalue weighted by molar-refractivity contribution is 7.71. The first-order valence-electron chi connectivity index (χ1n) is 6.59. The number of phenols is 1. The second-order valence-electron chi connectivity index (χ2n) is 4.82. The molecule has 0 saturated heterocycles. The predicted molar refractivity (Wildman–Crippen MR) is 85.1 cm³/mol. The third-order valence-electron chi connectivity index (χ3n) is 3.02. The quantitative estimate of drug-likeness (QED) is 0.574. The monoisotopic (exact) mass is 314 g/mol. The van der Waals surface area contributed by atoms with Crippen LogP contribution in [0.3, 0.4) is 0 Å². The van der Waals surface area contributed by atoms with Gasteiger partial charge in [0.1, 0.15) is 5.75 Å². The first-order chi connectivity index (χ1) is 10.5. The van der Waals surface area contributed by atoms with Crippen molar-refractivity contribution in [3.8, 4) is 11.7 Å². The summed E-state index contributed by atoms with van der Waals surface area (Å²) in [6.07, 6.45) is 1.60. The number of hydrogen-bond acceptors (Lipinski definition) is 5. The molecule has 0 fully saturated rings. The summed E-state index contributed by atoms with van der Waals surface area (Å²) in [5.41, 5.74) is 2.57. The molecule has 1 aromatic carbocycles. The van der Waals surface area contributed by atoms with Crippen molar-refractivity contribution in [3.63, 3.8) is 0 Å². The number of aromatic hydroxyl groups is 1. The van der Waals surface area contributed by atoms with Gasteiger partial charge >= 0.3 is 0 Å². The van der Waals surface area contributed by atoms with Gasteiger partial charge in [0.25, 0.3) is 5.95 Å². The maximum absolute atomic E-state index is 9.47. The lowest BCUT2D eigenvalue weighted by Crippen LogP contribution is -2.07. The number of hydrogen-bond donors (Lipinski definition) is 2. The molecular formula is C14H14N6OS. The summed E-state index contributed by atoms with van der Waals surface area (Å²) < 4.78 is 3.51. The van der Waals surface area contributed by atoms with Gasteiger partial charge in [0.2, 0.25) is 4.77 Å². The van der Waals surface area contributed by atoms with Crippen molar-refractivity contribution in [2.45, 2.75) is 13.8 Å². The van der Waals surface area contributed by atoms with Gasteiger partial charge in [-0.25, -0.2) is 9.78 Å². The van der Waals surface area contributed by atoms with Crippen LogP contribution < -0.4 is 0 Å². The van der Waals surface area contributed by atoms with Crippen LogP contribution in [0.2, 0.25) is 0 Å². The molecule has 112 valence electrons. The summed E-state index contributed by atoms with van der Waals surface area (Å²) in [6, 6.07) is 8.72. The van der Waals surface area contributed by atoms with E-state index >= 15 is 0 Å². The summed E-state index contributed by atoms with van der Waals surface area (Å²) in [7, 11) is 0. The highest BCUT2D eigenvalue weighted by Crippen LogP contribution is 2.11. The molecule has 2 aromatic heterocycles. The van der Waals surface area contributed by atoms with Crippen LogP contribution in [0, 0.1) is 18.6 Å².